The summed E-state index contributed by atoms with van der Waals surface area (Å²) >= 11 is 0. The summed E-state index contributed by atoms with van der Waals surface area (Å²) in [5.41, 5.74) is 2.04. The molecule has 0 unspecified atom stereocenters. The van der Waals surface area contributed by atoms with E-state index in [4.69, 9.17) is 18.9 Å². The third-order valence-electron chi connectivity index (χ3n) is 4.04. The van der Waals surface area contributed by atoms with E-state index in [-0.39, 0.29) is 5.56 Å². The molecule has 1 N–H and O–H groups in total. The number of methoxy groups -OCH3 is 1. The molecule has 1 aliphatic rings. The molecule has 0 atom stereocenters. The van der Waals surface area contributed by atoms with E-state index in [9.17, 15) is 9.59 Å². The topological polar surface area (TPSA) is 83.1 Å². The van der Waals surface area contributed by atoms with Crippen molar-refractivity contribution in [3.63, 3.8) is 0 Å². The van der Waals surface area contributed by atoms with Gasteiger partial charge in [-0.15, -0.1) is 0 Å². The zero-order valence-electron chi connectivity index (χ0n) is 15.2. The van der Waals surface area contributed by atoms with E-state index in [2.05, 4.69) is 12.2 Å². The molecule has 0 saturated heterocycles. The number of amides is 1. The van der Waals surface area contributed by atoms with Crippen LogP contribution in [0.1, 0.15) is 22.8 Å². The molecule has 0 fully saturated rings. The van der Waals surface area contributed by atoms with Gasteiger partial charge in [-0.05, 0) is 36.2 Å². The van der Waals surface area contributed by atoms with Crippen LogP contribution >= 0.6 is 0 Å². The lowest BCUT2D eigenvalue weighted by Gasteiger charge is -2.21. The number of aryl methyl sites for hydroxylation is 1. The fourth-order valence-electron chi connectivity index (χ4n) is 2.63. The highest BCUT2D eigenvalue weighted by molar-refractivity contribution is 5.96. The number of carbonyl (C=O) groups excluding carboxylic acids is 2. The molecule has 1 aliphatic heterocycles. The fourth-order valence-corrected chi connectivity index (χ4v) is 2.63. The highest BCUT2D eigenvalue weighted by Gasteiger charge is 2.22. The van der Waals surface area contributed by atoms with Gasteiger partial charge in [-0.25, -0.2) is 4.79 Å². The van der Waals surface area contributed by atoms with Crippen LogP contribution in [0.25, 0.3) is 0 Å². The molecule has 1 heterocycles. The van der Waals surface area contributed by atoms with Gasteiger partial charge in [-0.1, -0.05) is 19.1 Å². The first-order chi connectivity index (χ1) is 13.1. The third-order valence-corrected chi connectivity index (χ3v) is 4.04. The number of carbonyl (C=O) groups is 2. The van der Waals surface area contributed by atoms with Gasteiger partial charge < -0.3 is 24.3 Å². The Hall–Kier alpha value is -3.22. The van der Waals surface area contributed by atoms with Crippen LogP contribution in [-0.4, -0.2) is 38.8 Å². The van der Waals surface area contributed by atoms with Gasteiger partial charge in [0, 0.05) is 5.69 Å². The molecular formula is C20H21NO6. The van der Waals surface area contributed by atoms with Crippen LogP contribution in [0.3, 0.4) is 0 Å². The minimum atomic E-state index is -0.651. The second-order valence-electron chi connectivity index (χ2n) is 5.88. The Labute approximate surface area is 157 Å². The third kappa shape index (κ3) is 4.49. The highest BCUT2D eigenvalue weighted by Crippen LogP contribution is 2.40. The monoisotopic (exact) mass is 371 g/mol. The van der Waals surface area contributed by atoms with Crippen molar-refractivity contribution in [2.45, 2.75) is 13.3 Å². The molecule has 0 saturated carbocycles. The molecule has 0 aromatic heterocycles. The van der Waals surface area contributed by atoms with E-state index < -0.39 is 18.5 Å². The van der Waals surface area contributed by atoms with Crippen LogP contribution in [0.15, 0.2) is 36.4 Å². The van der Waals surface area contributed by atoms with Crippen molar-refractivity contribution in [1.82, 2.24) is 0 Å². The number of anilines is 1. The maximum atomic E-state index is 12.3. The summed E-state index contributed by atoms with van der Waals surface area (Å²) in [4.78, 5) is 24.3. The summed E-state index contributed by atoms with van der Waals surface area (Å²) in [5, 5.41) is 2.69. The van der Waals surface area contributed by atoms with Gasteiger partial charge in [0.1, 0.15) is 13.2 Å². The molecule has 0 spiro atoms. The number of nitrogens with one attached hydrogen (secondary N) is 1. The first-order valence-electron chi connectivity index (χ1n) is 8.64. The lowest BCUT2D eigenvalue weighted by Crippen LogP contribution is -2.21. The largest absolute Gasteiger partial charge is 0.493 e. The number of benzene rings is 2. The minimum Gasteiger partial charge on any atom is -0.493 e. The zero-order valence-corrected chi connectivity index (χ0v) is 15.2. The van der Waals surface area contributed by atoms with Crippen molar-refractivity contribution in [3.8, 4) is 17.2 Å². The Morgan fingerprint density at radius 3 is 2.56 bits per heavy atom. The van der Waals surface area contributed by atoms with Gasteiger partial charge in [-0.3, -0.25) is 4.79 Å². The summed E-state index contributed by atoms with van der Waals surface area (Å²) in [5.74, 6) is 0.167. The van der Waals surface area contributed by atoms with E-state index >= 15 is 0 Å². The van der Waals surface area contributed by atoms with Crippen molar-refractivity contribution < 1.29 is 28.5 Å². The number of fused-ring (bicyclic) bond motifs is 1. The Morgan fingerprint density at radius 2 is 1.85 bits per heavy atom. The molecule has 2 aromatic carbocycles. The molecule has 7 heteroatoms. The molecule has 27 heavy (non-hydrogen) atoms. The highest BCUT2D eigenvalue weighted by atomic mass is 16.6. The lowest BCUT2D eigenvalue weighted by atomic mass is 10.1. The molecule has 1 amide bonds. The van der Waals surface area contributed by atoms with Crippen LogP contribution in [0.4, 0.5) is 5.69 Å². The maximum Gasteiger partial charge on any atom is 0.338 e. The van der Waals surface area contributed by atoms with E-state index in [1.807, 2.05) is 24.3 Å². The van der Waals surface area contributed by atoms with Gasteiger partial charge in [0.2, 0.25) is 5.75 Å². The minimum absolute atomic E-state index is 0.219. The fraction of sp³-hybridized carbons (Fsp3) is 0.300. The van der Waals surface area contributed by atoms with E-state index in [0.717, 1.165) is 6.42 Å². The predicted octanol–water partition coefficient (Wildman–Crippen LogP) is 2.82. The van der Waals surface area contributed by atoms with E-state index in [1.165, 1.54) is 24.8 Å². The van der Waals surface area contributed by atoms with E-state index in [0.29, 0.717) is 36.1 Å². The van der Waals surface area contributed by atoms with Gasteiger partial charge in [0.25, 0.3) is 5.91 Å². The Balaban J connectivity index is 1.60. The molecule has 3 rings (SSSR count). The number of ether oxygens (including phenoxy) is 4. The van der Waals surface area contributed by atoms with Crippen molar-refractivity contribution in [3.05, 3.63) is 47.5 Å². The SMILES string of the molecule is CCc1ccc(NC(=O)COC(=O)c2cc(OC)c3c(c2)OCCO3)cc1. The van der Waals surface area contributed by atoms with Gasteiger partial charge in [0.15, 0.2) is 18.1 Å². The second-order valence-corrected chi connectivity index (χ2v) is 5.88. The average Bonchev–Trinajstić information content (AvgIpc) is 2.71. The maximum absolute atomic E-state index is 12.3. The molecular weight excluding hydrogens is 350 g/mol. The first kappa shape index (κ1) is 18.6. The molecule has 0 radical (unpaired) electrons. The molecule has 142 valence electrons. The van der Waals surface area contributed by atoms with Crippen LogP contribution in [0.2, 0.25) is 0 Å². The first-order valence-corrected chi connectivity index (χ1v) is 8.64. The standard InChI is InChI=1S/C20H21NO6/c1-3-13-4-6-15(7-5-13)21-18(22)12-27-20(23)14-10-16(24-2)19-17(11-14)25-8-9-26-19/h4-7,10-11H,3,8-9,12H2,1-2H3,(H,21,22). The second kappa shape index (κ2) is 8.44. The van der Waals surface area contributed by atoms with Gasteiger partial charge in [-0.2, -0.15) is 0 Å². The van der Waals surface area contributed by atoms with Crippen molar-refractivity contribution in [1.29, 1.82) is 0 Å². The van der Waals surface area contributed by atoms with Crippen molar-refractivity contribution in [2.24, 2.45) is 0 Å². The molecule has 7 nitrogen and oxygen atoms in total. The van der Waals surface area contributed by atoms with Crippen molar-refractivity contribution in [2.75, 3.05) is 32.2 Å². The lowest BCUT2D eigenvalue weighted by molar-refractivity contribution is -0.119. The molecule has 2 aromatic rings. The van der Waals surface area contributed by atoms with Crippen LogP contribution in [-0.2, 0) is 16.0 Å². The Kier molecular flexibility index (Phi) is 5.80. The Morgan fingerprint density at radius 1 is 1.11 bits per heavy atom. The summed E-state index contributed by atoms with van der Waals surface area (Å²) < 4.78 is 21.3. The van der Waals surface area contributed by atoms with Crippen LogP contribution in [0, 0.1) is 0 Å². The summed E-state index contributed by atoms with van der Waals surface area (Å²) in [6.07, 6.45) is 0.921. The number of hydrogen-bond donors (Lipinski definition) is 1. The summed E-state index contributed by atoms with van der Waals surface area (Å²) in [6, 6.07) is 10.5. The van der Waals surface area contributed by atoms with Gasteiger partial charge >= 0.3 is 5.97 Å². The smallest absolute Gasteiger partial charge is 0.338 e. The number of rotatable bonds is 6. The predicted molar refractivity (Wildman–Crippen MR) is 98.7 cm³/mol. The zero-order chi connectivity index (χ0) is 19.2. The number of esters is 1. The quantitative estimate of drug-likeness (QED) is 0.786. The Bertz CT molecular complexity index is 814. The summed E-state index contributed by atoms with van der Waals surface area (Å²) in [6.45, 7) is 2.45. The number of hydrogen-bond acceptors (Lipinski definition) is 6. The van der Waals surface area contributed by atoms with Crippen LogP contribution in [0.5, 0.6) is 17.2 Å². The van der Waals surface area contributed by atoms with E-state index in [1.54, 1.807) is 0 Å². The normalized spacial score (nSPS) is 12.2. The average molecular weight is 371 g/mol. The summed E-state index contributed by atoms with van der Waals surface area (Å²) in [7, 11) is 1.47. The molecule has 0 bridgehead atoms. The molecule has 0 aliphatic carbocycles. The van der Waals surface area contributed by atoms with Crippen LogP contribution < -0.4 is 19.5 Å². The van der Waals surface area contributed by atoms with Crippen molar-refractivity contribution >= 4 is 17.6 Å². The van der Waals surface area contributed by atoms with Gasteiger partial charge in [0.05, 0.1) is 12.7 Å².